The average molecular weight is 168 g/mol. The third-order valence-corrected chi connectivity index (χ3v) is 3.64. The van der Waals surface area contributed by atoms with E-state index >= 15 is 0 Å². The Morgan fingerprint density at radius 3 is 2.25 bits per heavy atom. The SMILES string of the molecule is CCCC1CCC1CC(C)CC. The first-order chi connectivity index (χ1) is 5.77. The maximum absolute atomic E-state index is 2.40. The summed E-state index contributed by atoms with van der Waals surface area (Å²) in [5.74, 6) is 3.17. The molecular formula is C12H24. The second-order valence-corrected chi connectivity index (χ2v) is 4.64. The monoisotopic (exact) mass is 168 g/mol. The van der Waals surface area contributed by atoms with E-state index in [-0.39, 0.29) is 0 Å². The second-order valence-electron chi connectivity index (χ2n) is 4.64. The van der Waals surface area contributed by atoms with Crippen LogP contribution in [0.5, 0.6) is 0 Å². The molecule has 0 aliphatic heterocycles. The molecule has 12 heavy (non-hydrogen) atoms. The highest BCUT2D eigenvalue weighted by Gasteiger charge is 2.30. The summed E-state index contributed by atoms with van der Waals surface area (Å²) in [4.78, 5) is 0. The third-order valence-electron chi connectivity index (χ3n) is 3.64. The van der Waals surface area contributed by atoms with E-state index in [4.69, 9.17) is 0 Å². The van der Waals surface area contributed by atoms with Crippen LogP contribution in [0.3, 0.4) is 0 Å². The predicted octanol–water partition coefficient (Wildman–Crippen LogP) is 4.25. The minimum atomic E-state index is 0.967. The van der Waals surface area contributed by atoms with Crippen molar-refractivity contribution < 1.29 is 0 Å². The van der Waals surface area contributed by atoms with Crippen LogP contribution < -0.4 is 0 Å². The molecule has 0 amide bonds. The third kappa shape index (κ3) is 2.50. The van der Waals surface area contributed by atoms with Crippen LogP contribution in [0.1, 0.15) is 59.3 Å². The van der Waals surface area contributed by atoms with Crippen LogP contribution in [0.25, 0.3) is 0 Å². The molecule has 0 heterocycles. The van der Waals surface area contributed by atoms with Crippen molar-refractivity contribution >= 4 is 0 Å². The molecule has 0 nitrogen and oxygen atoms in total. The van der Waals surface area contributed by atoms with Crippen LogP contribution in [0.2, 0.25) is 0 Å². The highest BCUT2D eigenvalue weighted by atomic mass is 14.4. The Labute approximate surface area is 77.7 Å². The van der Waals surface area contributed by atoms with E-state index in [1.54, 1.807) is 0 Å². The maximum atomic E-state index is 2.40. The number of rotatable bonds is 5. The zero-order valence-corrected chi connectivity index (χ0v) is 8.97. The van der Waals surface area contributed by atoms with Gasteiger partial charge < -0.3 is 0 Å². The van der Waals surface area contributed by atoms with E-state index in [0.29, 0.717) is 0 Å². The van der Waals surface area contributed by atoms with Gasteiger partial charge in [0.2, 0.25) is 0 Å². The van der Waals surface area contributed by atoms with Gasteiger partial charge in [-0.1, -0.05) is 40.0 Å². The number of hydrogen-bond acceptors (Lipinski definition) is 0. The molecule has 0 bridgehead atoms. The van der Waals surface area contributed by atoms with Crippen LogP contribution in [-0.4, -0.2) is 0 Å². The molecule has 1 aliphatic carbocycles. The lowest BCUT2D eigenvalue weighted by Gasteiger charge is -2.38. The van der Waals surface area contributed by atoms with Gasteiger partial charge in [-0.05, 0) is 37.0 Å². The summed E-state index contributed by atoms with van der Waals surface area (Å²) in [5.41, 5.74) is 0. The summed E-state index contributed by atoms with van der Waals surface area (Å²) >= 11 is 0. The molecule has 0 N–H and O–H groups in total. The van der Waals surface area contributed by atoms with Crippen LogP contribution in [0.15, 0.2) is 0 Å². The fourth-order valence-corrected chi connectivity index (χ4v) is 2.38. The van der Waals surface area contributed by atoms with Crippen LogP contribution in [0.4, 0.5) is 0 Å². The minimum Gasteiger partial charge on any atom is -0.0654 e. The van der Waals surface area contributed by atoms with Gasteiger partial charge in [0.05, 0.1) is 0 Å². The van der Waals surface area contributed by atoms with Gasteiger partial charge >= 0.3 is 0 Å². The molecule has 0 aromatic rings. The molecule has 72 valence electrons. The van der Waals surface area contributed by atoms with Gasteiger partial charge in [-0.15, -0.1) is 0 Å². The highest BCUT2D eigenvalue weighted by Crippen LogP contribution is 2.41. The van der Waals surface area contributed by atoms with Crippen LogP contribution in [-0.2, 0) is 0 Å². The normalized spacial score (nSPS) is 31.2. The van der Waals surface area contributed by atoms with E-state index in [1.807, 2.05) is 0 Å². The van der Waals surface area contributed by atoms with Crippen molar-refractivity contribution in [3.8, 4) is 0 Å². The van der Waals surface area contributed by atoms with Crippen molar-refractivity contribution in [2.24, 2.45) is 17.8 Å². The molecule has 0 spiro atoms. The lowest BCUT2D eigenvalue weighted by atomic mass is 9.68. The fourth-order valence-electron chi connectivity index (χ4n) is 2.38. The smallest absolute Gasteiger partial charge is 0.0383 e. The highest BCUT2D eigenvalue weighted by molar-refractivity contribution is 4.81. The van der Waals surface area contributed by atoms with E-state index in [2.05, 4.69) is 20.8 Å². The maximum Gasteiger partial charge on any atom is -0.0383 e. The summed E-state index contributed by atoms with van der Waals surface area (Å²) in [6, 6.07) is 0. The molecule has 1 fully saturated rings. The average Bonchev–Trinajstić information content (AvgIpc) is 2.08. The summed E-state index contributed by atoms with van der Waals surface area (Å²) in [6.45, 7) is 7.04. The lowest BCUT2D eigenvalue weighted by molar-refractivity contribution is 0.132. The van der Waals surface area contributed by atoms with Gasteiger partial charge in [0, 0.05) is 0 Å². The van der Waals surface area contributed by atoms with Gasteiger partial charge in [-0.2, -0.15) is 0 Å². The van der Waals surface area contributed by atoms with Crippen molar-refractivity contribution in [1.29, 1.82) is 0 Å². The molecule has 0 heteroatoms. The largest absolute Gasteiger partial charge is 0.0654 e. The van der Waals surface area contributed by atoms with Gasteiger partial charge in [-0.3, -0.25) is 0 Å². The molecule has 1 aliphatic rings. The first-order valence-electron chi connectivity index (χ1n) is 5.77. The molecule has 0 radical (unpaired) electrons. The molecule has 3 unspecified atom stereocenters. The fraction of sp³-hybridized carbons (Fsp3) is 1.00. The van der Waals surface area contributed by atoms with Crippen molar-refractivity contribution in [3.05, 3.63) is 0 Å². The zero-order chi connectivity index (χ0) is 8.97. The van der Waals surface area contributed by atoms with Gasteiger partial charge in [0.1, 0.15) is 0 Å². The second kappa shape index (κ2) is 4.89. The summed E-state index contributed by atoms with van der Waals surface area (Å²) < 4.78 is 0. The zero-order valence-electron chi connectivity index (χ0n) is 8.97. The first kappa shape index (κ1) is 10.1. The van der Waals surface area contributed by atoms with E-state index in [1.165, 1.54) is 38.5 Å². The quantitative estimate of drug-likeness (QED) is 0.575. The van der Waals surface area contributed by atoms with Crippen molar-refractivity contribution in [1.82, 2.24) is 0 Å². The van der Waals surface area contributed by atoms with Crippen LogP contribution in [0, 0.1) is 17.8 Å². The Morgan fingerprint density at radius 2 is 1.83 bits per heavy atom. The summed E-state index contributed by atoms with van der Waals surface area (Å²) in [5, 5.41) is 0. The molecule has 1 saturated carbocycles. The molecular weight excluding hydrogens is 144 g/mol. The minimum absolute atomic E-state index is 0.967. The summed E-state index contributed by atoms with van der Waals surface area (Å²) in [7, 11) is 0. The Hall–Kier alpha value is 0. The van der Waals surface area contributed by atoms with Gasteiger partial charge in [0.25, 0.3) is 0 Å². The summed E-state index contributed by atoms with van der Waals surface area (Å²) in [6.07, 6.45) is 8.79. The van der Waals surface area contributed by atoms with Crippen molar-refractivity contribution in [2.45, 2.75) is 59.3 Å². The van der Waals surface area contributed by atoms with Crippen molar-refractivity contribution in [2.75, 3.05) is 0 Å². The molecule has 0 saturated heterocycles. The van der Waals surface area contributed by atoms with E-state index in [9.17, 15) is 0 Å². The standard InChI is InChI=1S/C12H24/c1-4-6-11-7-8-12(11)9-10(3)5-2/h10-12H,4-9H2,1-3H3. The molecule has 1 rings (SSSR count). The molecule has 3 atom stereocenters. The lowest BCUT2D eigenvalue weighted by Crippen LogP contribution is -2.27. The molecule has 0 aromatic heterocycles. The number of hydrogen-bond donors (Lipinski definition) is 0. The first-order valence-corrected chi connectivity index (χ1v) is 5.77. The Morgan fingerprint density at radius 1 is 1.17 bits per heavy atom. The Kier molecular flexibility index (Phi) is 4.11. The van der Waals surface area contributed by atoms with Gasteiger partial charge in [-0.25, -0.2) is 0 Å². The van der Waals surface area contributed by atoms with E-state index in [0.717, 1.165) is 17.8 Å². The Bertz CT molecular complexity index is 117. The van der Waals surface area contributed by atoms with Crippen molar-refractivity contribution in [3.63, 3.8) is 0 Å². The van der Waals surface area contributed by atoms with E-state index < -0.39 is 0 Å². The topological polar surface area (TPSA) is 0 Å². The predicted molar refractivity (Wildman–Crippen MR) is 55.2 cm³/mol. The van der Waals surface area contributed by atoms with Crippen LogP contribution >= 0.6 is 0 Å². The molecule has 0 aromatic carbocycles. The van der Waals surface area contributed by atoms with Gasteiger partial charge in [0.15, 0.2) is 0 Å². The Balaban J connectivity index is 2.15.